The van der Waals surface area contributed by atoms with Gasteiger partial charge in [0, 0.05) is 0 Å². The number of benzene rings is 2. The molecule has 2 aromatic carbocycles. The number of halogens is 1. The monoisotopic (exact) mass is 431 g/mol. The van der Waals surface area contributed by atoms with E-state index in [9.17, 15) is 9.59 Å². The molecule has 0 N–H and O–H groups in total. The van der Waals surface area contributed by atoms with E-state index in [0.29, 0.717) is 28.2 Å². The van der Waals surface area contributed by atoms with Crippen molar-refractivity contribution >= 4 is 40.6 Å². The second-order valence-corrected chi connectivity index (χ2v) is 8.29. The Morgan fingerprint density at radius 1 is 1.07 bits per heavy atom. The first-order chi connectivity index (χ1) is 13.9. The predicted molar refractivity (Wildman–Crippen MR) is 116 cm³/mol. The van der Waals surface area contributed by atoms with Gasteiger partial charge in [-0.1, -0.05) is 49.7 Å². The zero-order valence-corrected chi connectivity index (χ0v) is 17.8. The summed E-state index contributed by atoms with van der Waals surface area (Å²) in [4.78, 5) is 26.4. The minimum absolute atomic E-state index is 0.162. The van der Waals surface area contributed by atoms with Gasteiger partial charge in [0.1, 0.15) is 18.1 Å². The number of carbonyl (C=O) groups is 2. The molecule has 0 saturated carbocycles. The topological polar surface area (TPSA) is 55.8 Å². The summed E-state index contributed by atoms with van der Waals surface area (Å²) in [7, 11) is 0. The SMILES string of the molecule is CC(C)COc1ccc(/C=C2\SC(=O)N(CCOc3ccccc3Cl)C2=O)cc1. The molecule has 0 unspecified atom stereocenters. The van der Waals surface area contributed by atoms with E-state index in [4.69, 9.17) is 21.1 Å². The Balaban J connectivity index is 1.58. The molecule has 29 heavy (non-hydrogen) atoms. The van der Waals surface area contributed by atoms with Crippen molar-refractivity contribution in [3.8, 4) is 11.5 Å². The zero-order chi connectivity index (χ0) is 20.8. The van der Waals surface area contributed by atoms with Crippen molar-refractivity contribution in [1.29, 1.82) is 0 Å². The molecule has 0 aliphatic carbocycles. The first-order valence-electron chi connectivity index (χ1n) is 9.29. The second kappa shape index (κ2) is 9.85. The fourth-order valence-electron chi connectivity index (χ4n) is 2.58. The fraction of sp³-hybridized carbons (Fsp3) is 0.273. The van der Waals surface area contributed by atoms with E-state index in [2.05, 4.69) is 13.8 Å². The van der Waals surface area contributed by atoms with Crippen molar-refractivity contribution in [3.63, 3.8) is 0 Å². The molecule has 1 aliphatic rings. The van der Waals surface area contributed by atoms with E-state index in [1.54, 1.807) is 24.3 Å². The van der Waals surface area contributed by atoms with Crippen LogP contribution in [0.2, 0.25) is 5.02 Å². The number of imide groups is 1. The van der Waals surface area contributed by atoms with E-state index in [-0.39, 0.29) is 24.3 Å². The van der Waals surface area contributed by atoms with Crippen LogP contribution in [-0.2, 0) is 4.79 Å². The minimum atomic E-state index is -0.317. The molecule has 7 heteroatoms. The molecule has 1 aliphatic heterocycles. The highest BCUT2D eigenvalue weighted by Gasteiger charge is 2.34. The highest BCUT2D eigenvalue weighted by Crippen LogP contribution is 2.32. The molecule has 0 aromatic heterocycles. The molecular formula is C22H22ClNO4S. The summed E-state index contributed by atoms with van der Waals surface area (Å²) < 4.78 is 11.2. The van der Waals surface area contributed by atoms with Crippen LogP contribution in [0.3, 0.4) is 0 Å². The molecule has 0 atom stereocenters. The maximum absolute atomic E-state index is 12.6. The third kappa shape index (κ3) is 5.78. The van der Waals surface area contributed by atoms with Crippen molar-refractivity contribution in [2.24, 2.45) is 5.92 Å². The van der Waals surface area contributed by atoms with Crippen molar-refractivity contribution in [2.75, 3.05) is 19.8 Å². The highest BCUT2D eigenvalue weighted by molar-refractivity contribution is 8.18. The van der Waals surface area contributed by atoms with Gasteiger partial charge in [0.15, 0.2) is 0 Å². The molecular weight excluding hydrogens is 410 g/mol. The third-order valence-electron chi connectivity index (χ3n) is 4.04. The number of carbonyl (C=O) groups excluding carboxylic acids is 2. The van der Waals surface area contributed by atoms with E-state index in [1.165, 1.54) is 4.90 Å². The van der Waals surface area contributed by atoms with E-state index in [1.807, 2.05) is 30.3 Å². The molecule has 3 rings (SSSR count). The lowest BCUT2D eigenvalue weighted by Gasteiger charge is -2.13. The molecule has 1 saturated heterocycles. The summed E-state index contributed by atoms with van der Waals surface area (Å²) in [5.41, 5.74) is 0.833. The smallest absolute Gasteiger partial charge is 0.293 e. The maximum Gasteiger partial charge on any atom is 0.293 e. The normalized spacial score (nSPS) is 15.4. The van der Waals surface area contributed by atoms with Crippen LogP contribution in [0.1, 0.15) is 19.4 Å². The average molecular weight is 432 g/mol. The van der Waals surface area contributed by atoms with Crippen LogP contribution in [0.4, 0.5) is 4.79 Å². The average Bonchev–Trinajstić information content (AvgIpc) is 2.96. The Labute approximate surface area is 179 Å². The summed E-state index contributed by atoms with van der Waals surface area (Å²) in [6, 6.07) is 14.5. The van der Waals surface area contributed by atoms with Gasteiger partial charge in [-0.05, 0) is 53.6 Å². The number of amides is 2. The standard InChI is InChI=1S/C22H22ClNO4S/c1-15(2)14-28-17-9-7-16(8-10-17)13-20-21(25)24(22(26)29-20)11-12-27-19-6-4-3-5-18(19)23/h3-10,13,15H,11-12,14H2,1-2H3/b20-13-. The number of thioether (sulfide) groups is 1. The molecule has 0 spiro atoms. The lowest BCUT2D eigenvalue weighted by atomic mass is 10.2. The minimum Gasteiger partial charge on any atom is -0.493 e. The van der Waals surface area contributed by atoms with Gasteiger partial charge in [0.25, 0.3) is 11.1 Å². The van der Waals surface area contributed by atoms with Crippen LogP contribution in [-0.4, -0.2) is 35.8 Å². The first kappa shape index (κ1) is 21.3. The number of para-hydroxylation sites is 1. The molecule has 2 amide bonds. The second-order valence-electron chi connectivity index (χ2n) is 6.89. The van der Waals surface area contributed by atoms with Gasteiger partial charge in [0.2, 0.25) is 0 Å². The van der Waals surface area contributed by atoms with E-state index in [0.717, 1.165) is 23.1 Å². The van der Waals surface area contributed by atoms with E-state index < -0.39 is 0 Å². The predicted octanol–water partition coefficient (Wildman–Crippen LogP) is 5.49. The largest absolute Gasteiger partial charge is 0.493 e. The van der Waals surface area contributed by atoms with Gasteiger partial charge < -0.3 is 9.47 Å². The van der Waals surface area contributed by atoms with Gasteiger partial charge in [-0.2, -0.15) is 0 Å². The van der Waals surface area contributed by atoms with Gasteiger partial charge in [-0.3, -0.25) is 14.5 Å². The Morgan fingerprint density at radius 3 is 2.48 bits per heavy atom. The molecule has 1 heterocycles. The summed E-state index contributed by atoms with van der Waals surface area (Å²) in [5, 5.41) is 0.184. The number of rotatable bonds is 8. The number of hydrogen-bond donors (Lipinski definition) is 0. The van der Waals surface area contributed by atoms with Crippen LogP contribution < -0.4 is 9.47 Å². The van der Waals surface area contributed by atoms with Crippen LogP contribution in [0.15, 0.2) is 53.4 Å². The van der Waals surface area contributed by atoms with Crippen molar-refractivity contribution in [2.45, 2.75) is 13.8 Å². The lowest BCUT2D eigenvalue weighted by Crippen LogP contribution is -2.32. The van der Waals surface area contributed by atoms with Gasteiger partial charge in [-0.25, -0.2) is 0 Å². The summed E-state index contributed by atoms with van der Waals surface area (Å²) in [6.07, 6.45) is 1.71. The number of ether oxygens (including phenoxy) is 2. The Bertz CT molecular complexity index is 911. The Kier molecular flexibility index (Phi) is 7.23. The number of hydrogen-bond acceptors (Lipinski definition) is 5. The molecule has 152 valence electrons. The third-order valence-corrected chi connectivity index (χ3v) is 5.26. The Morgan fingerprint density at radius 2 is 1.79 bits per heavy atom. The van der Waals surface area contributed by atoms with Crippen molar-refractivity contribution in [1.82, 2.24) is 4.90 Å². The van der Waals surface area contributed by atoms with E-state index >= 15 is 0 Å². The molecule has 0 radical (unpaired) electrons. The quantitative estimate of drug-likeness (QED) is 0.517. The molecule has 2 aromatic rings. The number of nitrogens with zero attached hydrogens (tertiary/aromatic N) is 1. The van der Waals surface area contributed by atoms with Crippen LogP contribution in [0.25, 0.3) is 6.08 Å². The molecule has 5 nitrogen and oxygen atoms in total. The van der Waals surface area contributed by atoms with Crippen molar-refractivity contribution in [3.05, 3.63) is 64.0 Å². The summed E-state index contributed by atoms with van der Waals surface area (Å²) in [5.74, 6) is 1.43. The van der Waals surface area contributed by atoms with Gasteiger partial charge in [0.05, 0.1) is 23.1 Å². The highest BCUT2D eigenvalue weighted by atomic mass is 35.5. The van der Waals surface area contributed by atoms with Crippen molar-refractivity contribution < 1.29 is 19.1 Å². The summed E-state index contributed by atoms with van der Waals surface area (Å²) >= 11 is 6.97. The fourth-order valence-corrected chi connectivity index (χ4v) is 3.63. The summed E-state index contributed by atoms with van der Waals surface area (Å²) in [6.45, 7) is 5.16. The van der Waals surface area contributed by atoms with Crippen LogP contribution in [0, 0.1) is 5.92 Å². The van der Waals surface area contributed by atoms with Gasteiger partial charge >= 0.3 is 0 Å². The maximum atomic E-state index is 12.6. The zero-order valence-electron chi connectivity index (χ0n) is 16.3. The van der Waals surface area contributed by atoms with Gasteiger partial charge in [-0.15, -0.1) is 0 Å². The molecule has 1 fully saturated rings. The van der Waals surface area contributed by atoms with Crippen LogP contribution >= 0.6 is 23.4 Å². The molecule has 0 bridgehead atoms. The lowest BCUT2D eigenvalue weighted by molar-refractivity contribution is -0.123. The Hall–Kier alpha value is -2.44. The van der Waals surface area contributed by atoms with Crippen LogP contribution in [0.5, 0.6) is 11.5 Å². The first-order valence-corrected chi connectivity index (χ1v) is 10.5.